The number of rotatable bonds is 4. The van der Waals surface area contributed by atoms with E-state index in [4.69, 9.17) is 0 Å². The van der Waals surface area contributed by atoms with E-state index >= 15 is 0 Å². The van der Waals surface area contributed by atoms with Crippen molar-refractivity contribution in [1.29, 1.82) is 0 Å². The molecule has 1 heterocycles. The molecule has 3 nitrogen and oxygen atoms in total. The number of imide groups is 1. The Morgan fingerprint density at radius 3 is 2.55 bits per heavy atom. The Balaban J connectivity index is 2.25. The molecule has 20 heavy (non-hydrogen) atoms. The predicted molar refractivity (Wildman–Crippen MR) is 82.1 cm³/mol. The lowest BCUT2D eigenvalue weighted by atomic mass is 9.66. The first-order valence-corrected chi connectivity index (χ1v) is 7.82. The summed E-state index contributed by atoms with van der Waals surface area (Å²) in [5, 5.41) is 2.48. The smallest absolute Gasteiger partial charge is 0.230 e. The highest BCUT2D eigenvalue weighted by Crippen LogP contribution is 2.40. The molecule has 0 bridgehead atoms. The van der Waals surface area contributed by atoms with E-state index in [0.717, 1.165) is 23.7 Å². The minimum absolute atomic E-state index is 0.0890. The van der Waals surface area contributed by atoms with Crippen molar-refractivity contribution in [2.75, 3.05) is 0 Å². The van der Waals surface area contributed by atoms with Crippen LogP contribution in [0.3, 0.4) is 0 Å². The zero-order chi connectivity index (χ0) is 14.8. The lowest BCUT2D eigenvalue weighted by molar-refractivity contribution is -0.143. The lowest BCUT2D eigenvalue weighted by Gasteiger charge is -2.40. The Morgan fingerprint density at radius 1 is 1.30 bits per heavy atom. The normalized spacial score (nSPS) is 26.4. The van der Waals surface area contributed by atoms with Gasteiger partial charge in [0.2, 0.25) is 11.8 Å². The minimum atomic E-state index is -0.288. The van der Waals surface area contributed by atoms with Crippen LogP contribution in [0.1, 0.15) is 38.7 Å². The third-order valence-electron chi connectivity index (χ3n) is 4.08. The number of nitrogens with one attached hydrogen (secondary N) is 1. The van der Waals surface area contributed by atoms with Gasteiger partial charge in [0.25, 0.3) is 0 Å². The van der Waals surface area contributed by atoms with E-state index in [1.54, 1.807) is 0 Å². The van der Waals surface area contributed by atoms with Crippen molar-refractivity contribution in [3.8, 4) is 0 Å². The van der Waals surface area contributed by atoms with E-state index in [1.165, 1.54) is 5.56 Å². The van der Waals surface area contributed by atoms with E-state index in [2.05, 4.69) is 47.2 Å². The van der Waals surface area contributed by atoms with E-state index in [9.17, 15) is 9.59 Å². The van der Waals surface area contributed by atoms with E-state index in [1.807, 2.05) is 12.1 Å². The molecule has 1 saturated heterocycles. The van der Waals surface area contributed by atoms with Crippen LogP contribution in [0.5, 0.6) is 0 Å². The molecule has 0 radical (unpaired) electrons. The first-order chi connectivity index (χ1) is 9.44. The van der Waals surface area contributed by atoms with Crippen LogP contribution < -0.4 is 5.32 Å². The van der Waals surface area contributed by atoms with Gasteiger partial charge in [0.15, 0.2) is 0 Å². The molecule has 0 aliphatic carbocycles. The minimum Gasteiger partial charge on any atom is -0.296 e. The fourth-order valence-corrected chi connectivity index (χ4v) is 3.36. The molecule has 1 fully saturated rings. The van der Waals surface area contributed by atoms with Crippen molar-refractivity contribution < 1.29 is 9.59 Å². The number of carbonyl (C=O) groups excluding carboxylic acids is 2. The molecule has 2 amide bonds. The third-order valence-corrected chi connectivity index (χ3v) is 4.61. The van der Waals surface area contributed by atoms with Crippen LogP contribution in [0.4, 0.5) is 0 Å². The van der Waals surface area contributed by atoms with Gasteiger partial charge in [-0.1, -0.05) is 48.3 Å². The van der Waals surface area contributed by atoms with Gasteiger partial charge in [0, 0.05) is 16.8 Å². The monoisotopic (exact) mass is 337 g/mol. The topological polar surface area (TPSA) is 46.2 Å². The van der Waals surface area contributed by atoms with Gasteiger partial charge in [-0.2, -0.15) is 0 Å². The summed E-state index contributed by atoms with van der Waals surface area (Å²) in [5.74, 6) is -0.349. The number of halogens is 1. The molecule has 2 atom stereocenters. The highest BCUT2D eigenvalue weighted by molar-refractivity contribution is 9.10. The quantitative estimate of drug-likeness (QED) is 0.855. The van der Waals surface area contributed by atoms with Crippen LogP contribution in [0, 0.1) is 11.3 Å². The second-order valence-electron chi connectivity index (χ2n) is 5.89. The van der Waals surface area contributed by atoms with Crippen molar-refractivity contribution >= 4 is 27.7 Å². The van der Waals surface area contributed by atoms with Gasteiger partial charge in [-0.3, -0.25) is 14.9 Å². The molecular weight excluding hydrogens is 318 g/mol. The molecule has 1 aromatic rings. The Labute approximate surface area is 128 Å². The van der Waals surface area contributed by atoms with Crippen LogP contribution in [0.25, 0.3) is 0 Å². The average Bonchev–Trinajstić information content (AvgIpc) is 2.36. The highest BCUT2D eigenvalue weighted by Gasteiger charge is 2.44. The number of hydrogen-bond donors (Lipinski definition) is 1. The lowest BCUT2D eigenvalue weighted by Crippen LogP contribution is -2.51. The summed E-state index contributed by atoms with van der Waals surface area (Å²) in [6.07, 6.45) is 2.94. The maximum atomic E-state index is 12.1. The summed E-state index contributed by atoms with van der Waals surface area (Å²) in [5.41, 5.74) is 0.878. The van der Waals surface area contributed by atoms with E-state index in [0.29, 0.717) is 6.42 Å². The zero-order valence-electron chi connectivity index (χ0n) is 11.9. The predicted octanol–water partition coefficient (Wildman–Crippen LogP) is 3.46. The van der Waals surface area contributed by atoms with E-state index in [-0.39, 0.29) is 23.1 Å². The standard InChI is InChI=1S/C16H20BrNO2/c1-3-4-13-15(20)18-14(19)10-16(13,2)9-11-5-7-12(17)8-6-11/h5-8,13H,3-4,9-10H2,1-2H3,(H,18,19,20). The van der Waals surface area contributed by atoms with Crippen molar-refractivity contribution in [1.82, 2.24) is 5.32 Å². The fourth-order valence-electron chi connectivity index (χ4n) is 3.10. The summed E-state index contributed by atoms with van der Waals surface area (Å²) in [4.78, 5) is 23.9. The molecule has 0 aromatic heterocycles. The molecule has 108 valence electrons. The number of benzene rings is 1. The molecule has 1 aliphatic heterocycles. The molecule has 2 unspecified atom stereocenters. The molecule has 0 saturated carbocycles. The van der Waals surface area contributed by atoms with Crippen LogP contribution in [-0.2, 0) is 16.0 Å². The van der Waals surface area contributed by atoms with Crippen LogP contribution in [-0.4, -0.2) is 11.8 Å². The number of amides is 2. The number of carbonyl (C=O) groups is 2. The summed E-state index contributed by atoms with van der Waals surface area (Å²) in [6.45, 7) is 4.13. The highest BCUT2D eigenvalue weighted by atomic mass is 79.9. The van der Waals surface area contributed by atoms with Gasteiger partial charge in [-0.05, 0) is 36.0 Å². The maximum Gasteiger partial charge on any atom is 0.230 e. The second kappa shape index (κ2) is 6.08. The summed E-state index contributed by atoms with van der Waals surface area (Å²) < 4.78 is 1.04. The van der Waals surface area contributed by atoms with Crippen molar-refractivity contribution in [3.05, 3.63) is 34.3 Å². The molecule has 1 N–H and O–H groups in total. The maximum absolute atomic E-state index is 12.1. The number of piperidine rings is 1. The largest absolute Gasteiger partial charge is 0.296 e. The second-order valence-corrected chi connectivity index (χ2v) is 6.80. The fraction of sp³-hybridized carbons (Fsp3) is 0.500. The average molecular weight is 338 g/mol. The van der Waals surface area contributed by atoms with Gasteiger partial charge in [-0.25, -0.2) is 0 Å². The number of hydrogen-bond acceptors (Lipinski definition) is 2. The molecule has 0 spiro atoms. The Kier molecular flexibility index (Phi) is 4.63. The molecular formula is C16H20BrNO2. The van der Waals surface area contributed by atoms with Crippen LogP contribution in [0.2, 0.25) is 0 Å². The van der Waals surface area contributed by atoms with Crippen LogP contribution in [0.15, 0.2) is 28.7 Å². The van der Waals surface area contributed by atoms with Gasteiger partial charge in [0.1, 0.15) is 0 Å². The molecule has 2 rings (SSSR count). The van der Waals surface area contributed by atoms with E-state index < -0.39 is 0 Å². The van der Waals surface area contributed by atoms with Crippen molar-refractivity contribution in [2.24, 2.45) is 11.3 Å². The summed E-state index contributed by atoms with van der Waals surface area (Å²) in [7, 11) is 0. The van der Waals surface area contributed by atoms with Crippen LogP contribution >= 0.6 is 15.9 Å². The zero-order valence-corrected chi connectivity index (χ0v) is 13.5. The van der Waals surface area contributed by atoms with Crippen molar-refractivity contribution in [3.63, 3.8) is 0 Å². The Morgan fingerprint density at radius 2 is 1.95 bits per heavy atom. The van der Waals surface area contributed by atoms with Crippen molar-refractivity contribution in [2.45, 2.75) is 39.5 Å². The first kappa shape index (κ1) is 15.2. The first-order valence-electron chi connectivity index (χ1n) is 7.03. The SMILES string of the molecule is CCCC1C(=O)NC(=O)CC1(C)Cc1ccc(Br)cc1. The van der Waals surface area contributed by atoms with Gasteiger partial charge in [-0.15, -0.1) is 0 Å². The molecule has 1 aliphatic rings. The molecule has 1 aromatic carbocycles. The van der Waals surface area contributed by atoms with Gasteiger partial charge >= 0.3 is 0 Å². The summed E-state index contributed by atoms with van der Waals surface area (Å²) >= 11 is 3.42. The summed E-state index contributed by atoms with van der Waals surface area (Å²) in [6, 6.07) is 8.10. The molecule has 4 heteroatoms. The van der Waals surface area contributed by atoms with Gasteiger partial charge < -0.3 is 0 Å². The van der Waals surface area contributed by atoms with Gasteiger partial charge in [0.05, 0.1) is 0 Å². The Bertz CT molecular complexity index is 512. The third kappa shape index (κ3) is 3.29. The Hall–Kier alpha value is -1.16.